The molecule has 5 nitrogen and oxygen atoms in total. The van der Waals surface area contributed by atoms with E-state index in [1.807, 2.05) is 7.05 Å². The van der Waals surface area contributed by atoms with E-state index in [9.17, 15) is 14.0 Å². The van der Waals surface area contributed by atoms with Crippen LogP contribution in [0.1, 0.15) is 19.3 Å². The van der Waals surface area contributed by atoms with Crippen LogP contribution in [0.2, 0.25) is 0 Å². The van der Waals surface area contributed by atoms with E-state index in [2.05, 4.69) is 22.4 Å². The van der Waals surface area contributed by atoms with Crippen molar-refractivity contribution in [2.24, 2.45) is 11.8 Å². The Kier molecular flexibility index (Phi) is 6.04. The maximum atomic E-state index is 12.9. The largest absolute Gasteiger partial charge is 0.342 e. The second-order valence-electron chi connectivity index (χ2n) is 7.20. The summed E-state index contributed by atoms with van der Waals surface area (Å²) < 4.78 is 12.9. The molecule has 0 aliphatic carbocycles. The molecular formula is C20H26FN3O2. The molecule has 2 aliphatic rings. The molecule has 26 heavy (non-hydrogen) atoms. The summed E-state index contributed by atoms with van der Waals surface area (Å²) in [5.74, 6) is 0.266. The molecule has 1 atom stereocenters. The van der Waals surface area contributed by atoms with E-state index in [0.717, 1.165) is 32.4 Å². The molecule has 6 heteroatoms. The number of piperidine rings is 1. The molecule has 2 amide bonds. The zero-order valence-electron chi connectivity index (χ0n) is 15.2. The summed E-state index contributed by atoms with van der Waals surface area (Å²) in [4.78, 5) is 28.6. The van der Waals surface area contributed by atoms with Crippen LogP contribution in [-0.4, -0.2) is 54.8 Å². The van der Waals surface area contributed by atoms with E-state index < -0.39 is 0 Å². The van der Waals surface area contributed by atoms with Crippen molar-refractivity contribution in [1.29, 1.82) is 0 Å². The molecule has 1 fully saturated rings. The highest BCUT2D eigenvalue weighted by Gasteiger charge is 2.33. The summed E-state index contributed by atoms with van der Waals surface area (Å²) in [5, 5.41) is 2.79. The SMILES string of the molecule is CN1CC=CCC(C2CCN(CC(=O)Nc3ccc(F)cc3)CC2)C1=O. The van der Waals surface area contributed by atoms with Crippen LogP contribution in [-0.2, 0) is 9.59 Å². The van der Waals surface area contributed by atoms with Crippen LogP contribution in [0.25, 0.3) is 0 Å². The molecule has 0 saturated carbocycles. The molecule has 0 radical (unpaired) electrons. The lowest BCUT2D eigenvalue weighted by Crippen LogP contribution is -2.43. The Morgan fingerprint density at radius 2 is 1.88 bits per heavy atom. The fraction of sp³-hybridized carbons (Fsp3) is 0.500. The van der Waals surface area contributed by atoms with Crippen LogP contribution in [0.15, 0.2) is 36.4 Å². The van der Waals surface area contributed by atoms with Crippen LogP contribution in [0.4, 0.5) is 10.1 Å². The van der Waals surface area contributed by atoms with Crippen LogP contribution in [0.3, 0.4) is 0 Å². The molecule has 0 spiro atoms. The van der Waals surface area contributed by atoms with Crippen molar-refractivity contribution < 1.29 is 14.0 Å². The van der Waals surface area contributed by atoms with Crippen molar-refractivity contribution in [3.05, 3.63) is 42.2 Å². The molecular weight excluding hydrogens is 333 g/mol. The van der Waals surface area contributed by atoms with Crippen molar-refractivity contribution in [1.82, 2.24) is 9.80 Å². The Balaban J connectivity index is 1.47. The van der Waals surface area contributed by atoms with Crippen molar-refractivity contribution in [2.75, 3.05) is 38.5 Å². The Hall–Kier alpha value is -2.21. The zero-order chi connectivity index (χ0) is 18.5. The number of rotatable bonds is 4. The molecule has 140 valence electrons. The van der Waals surface area contributed by atoms with Gasteiger partial charge in [-0.15, -0.1) is 0 Å². The van der Waals surface area contributed by atoms with Crippen molar-refractivity contribution in [3.8, 4) is 0 Å². The van der Waals surface area contributed by atoms with E-state index in [0.29, 0.717) is 24.7 Å². The highest BCUT2D eigenvalue weighted by molar-refractivity contribution is 5.92. The molecule has 0 bridgehead atoms. The van der Waals surface area contributed by atoms with Gasteiger partial charge >= 0.3 is 0 Å². The number of benzene rings is 1. The van der Waals surface area contributed by atoms with E-state index in [1.54, 1.807) is 17.0 Å². The van der Waals surface area contributed by atoms with Gasteiger partial charge in [0, 0.05) is 25.2 Å². The summed E-state index contributed by atoms with van der Waals surface area (Å²) in [5.41, 5.74) is 0.602. The second kappa shape index (κ2) is 8.45. The standard InChI is InChI=1S/C20H26FN3O2/c1-23-11-3-2-4-18(20(23)26)15-9-12-24(13-10-15)14-19(25)22-17-7-5-16(21)6-8-17/h2-3,5-8,15,18H,4,9-14H2,1H3,(H,22,25). The number of amides is 2. The van der Waals surface area contributed by atoms with Gasteiger partial charge in [0.1, 0.15) is 5.82 Å². The summed E-state index contributed by atoms with van der Waals surface area (Å²) in [6, 6.07) is 5.77. The minimum atomic E-state index is -0.321. The van der Waals surface area contributed by atoms with Gasteiger partial charge in [-0.2, -0.15) is 0 Å². The fourth-order valence-corrected chi connectivity index (χ4v) is 3.79. The first-order chi connectivity index (χ1) is 12.5. The monoisotopic (exact) mass is 359 g/mol. The molecule has 1 unspecified atom stereocenters. The fourth-order valence-electron chi connectivity index (χ4n) is 3.79. The van der Waals surface area contributed by atoms with Gasteiger partial charge in [0.25, 0.3) is 0 Å². The molecule has 1 N–H and O–H groups in total. The third kappa shape index (κ3) is 4.69. The van der Waals surface area contributed by atoms with E-state index in [-0.39, 0.29) is 23.5 Å². The van der Waals surface area contributed by atoms with Gasteiger partial charge < -0.3 is 10.2 Å². The topological polar surface area (TPSA) is 52.6 Å². The summed E-state index contributed by atoms with van der Waals surface area (Å²) in [7, 11) is 1.86. The molecule has 1 aromatic rings. The number of nitrogens with zero attached hydrogens (tertiary/aromatic N) is 2. The predicted octanol–water partition coefficient (Wildman–Crippen LogP) is 2.51. The lowest BCUT2D eigenvalue weighted by Gasteiger charge is -2.35. The first-order valence-electron chi connectivity index (χ1n) is 9.20. The second-order valence-corrected chi connectivity index (χ2v) is 7.20. The number of hydrogen-bond acceptors (Lipinski definition) is 3. The van der Waals surface area contributed by atoms with E-state index >= 15 is 0 Å². The van der Waals surface area contributed by atoms with Gasteiger partial charge in [0.2, 0.25) is 11.8 Å². The van der Waals surface area contributed by atoms with Gasteiger partial charge in [-0.3, -0.25) is 14.5 Å². The first kappa shape index (κ1) is 18.6. The Morgan fingerprint density at radius 3 is 2.58 bits per heavy atom. The molecule has 3 rings (SSSR count). The number of carbonyl (C=O) groups excluding carboxylic acids is 2. The molecule has 2 aliphatic heterocycles. The summed E-state index contributed by atoms with van der Waals surface area (Å²) >= 11 is 0. The number of anilines is 1. The summed E-state index contributed by atoms with van der Waals surface area (Å²) in [6.07, 6.45) is 6.87. The van der Waals surface area contributed by atoms with Gasteiger partial charge in [-0.25, -0.2) is 4.39 Å². The maximum Gasteiger partial charge on any atom is 0.238 e. The van der Waals surface area contributed by atoms with Crippen molar-refractivity contribution in [2.45, 2.75) is 19.3 Å². The third-order valence-electron chi connectivity index (χ3n) is 5.33. The highest BCUT2D eigenvalue weighted by atomic mass is 19.1. The Labute approximate surface area is 153 Å². The molecule has 2 heterocycles. The van der Waals surface area contributed by atoms with Crippen molar-refractivity contribution in [3.63, 3.8) is 0 Å². The van der Waals surface area contributed by atoms with Gasteiger partial charge in [0.05, 0.1) is 6.54 Å². The van der Waals surface area contributed by atoms with Gasteiger partial charge in [-0.05, 0) is 62.5 Å². The van der Waals surface area contributed by atoms with Crippen molar-refractivity contribution >= 4 is 17.5 Å². The predicted molar refractivity (Wildman–Crippen MR) is 99.1 cm³/mol. The van der Waals surface area contributed by atoms with Crippen LogP contribution in [0, 0.1) is 17.7 Å². The van der Waals surface area contributed by atoms with Gasteiger partial charge in [0.15, 0.2) is 0 Å². The number of halogens is 1. The number of allylic oxidation sites excluding steroid dienone is 1. The normalized spacial score (nSPS) is 22.3. The molecule has 0 aromatic heterocycles. The van der Waals surface area contributed by atoms with Gasteiger partial charge in [-0.1, -0.05) is 12.2 Å². The number of likely N-dealkylation sites (tertiary alicyclic amines) is 1. The minimum Gasteiger partial charge on any atom is -0.342 e. The number of nitrogens with one attached hydrogen (secondary N) is 1. The smallest absolute Gasteiger partial charge is 0.238 e. The average Bonchev–Trinajstić information content (AvgIpc) is 2.79. The lowest BCUT2D eigenvalue weighted by molar-refractivity contribution is -0.136. The third-order valence-corrected chi connectivity index (χ3v) is 5.33. The Bertz CT molecular complexity index is 666. The van der Waals surface area contributed by atoms with Crippen LogP contribution >= 0.6 is 0 Å². The number of carbonyl (C=O) groups is 2. The Morgan fingerprint density at radius 1 is 1.19 bits per heavy atom. The summed E-state index contributed by atoms with van der Waals surface area (Å²) in [6.45, 7) is 2.65. The quantitative estimate of drug-likeness (QED) is 0.841. The number of likely N-dealkylation sites (N-methyl/N-ethyl adjacent to an activating group) is 1. The molecule has 1 saturated heterocycles. The zero-order valence-corrected chi connectivity index (χ0v) is 15.2. The minimum absolute atomic E-state index is 0.0638. The highest BCUT2D eigenvalue weighted by Crippen LogP contribution is 2.30. The maximum absolute atomic E-state index is 12.9. The van der Waals surface area contributed by atoms with E-state index in [4.69, 9.17) is 0 Å². The van der Waals surface area contributed by atoms with E-state index in [1.165, 1.54) is 12.1 Å². The van der Waals surface area contributed by atoms with Crippen LogP contribution in [0.5, 0.6) is 0 Å². The number of hydrogen-bond donors (Lipinski definition) is 1. The average molecular weight is 359 g/mol. The molecule has 1 aromatic carbocycles. The lowest BCUT2D eigenvalue weighted by atomic mass is 9.81. The first-order valence-corrected chi connectivity index (χ1v) is 9.20. The van der Waals surface area contributed by atoms with Crippen LogP contribution < -0.4 is 5.32 Å².